The number of nitrogens with one attached hydrogen (secondary N) is 2. The molecule has 1 aliphatic heterocycles. The van der Waals surface area contributed by atoms with Gasteiger partial charge in [-0.15, -0.1) is 0 Å². The lowest BCUT2D eigenvalue weighted by molar-refractivity contribution is 0.158. The first-order chi connectivity index (χ1) is 17.4. The second kappa shape index (κ2) is 12.6. The maximum atomic E-state index is 15.1. The minimum atomic E-state index is -1.79. The van der Waals surface area contributed by atoms with E-state index in [0.29, 0.717) is 41.7 Å². The number of likely N-dealkylation sites (tertiary alicyclic amines) is 1. The lowest BCUT2D eigenvalue weighted by atomic mass is 9.88. The summed E-state index contributed by atoms with van der Waals surface area (Å²) in [4.78, 5) is 19.5. The van der Waals surface area contributed by atoms with E-state index < -0.39 is 14.1 Å². The first-order valence-corrected chi connectivity index (χ1v) is 16.1. The van der Waals surface area contributed by atoms with Gasteiger partial charge in [0.05, 0.1) is 19.0 Å². The summed E-state index contributed by atoms with van der Waals surface area (Å²) in [5.74, 6) is -0.379. The topological polar surface area (TPSA) is 75.7 Å². The predicted molar refractivity (Wildman–Crippen MR) is 150 cm³/mol. The van der Waals surface area contributed by atoms with Crippen LogP contribution in [0, 0.1) is 5.82 Å². The van der Waals surface area contributed by atoms with Crippen LogP contribution < -0.4 is 15.4 Å². The lowest BCUT2D eigenvalue weighted by Crippen LogP contribution is -2.51. The van der Waals surface area contributed by atoms with Crippen LogP contribution in [0.2, 0.25) is 23.2 Å². The highest BCUT2D eigenvalue weighted by Crippen LogP contribution is 2.36. The van der Waals surface area contributed by atoms with Crippen molar-refractivity contribution in [1.82, 2.24) is 15.2 Å². The molecule has 0 bridgehead atoms. The van der Waals surface area contributed by atoms with Gasteiger partial charge in [0, 0.05) is 55.0 Å². The van der Waals surface area contributed by atoms with Gasteiger partial charge < -0.3 is 24.7 Å². The second-order valence-electron chi connectivity index (χ2n) is 11.1. The van der Waals surface area contributed by atoms with Crippen LogP contribution in [-0.4, -0.2) is 63.6 Å². The number of halogens is 2. The fourth-order valence-electron chi connectivity index (χ4n) is 4.19. The molecule has 3 rings (SSSR count). The maximum absolute atomic E-state index is 15.1. The second-order valence-corrected chi connectivity index (χ2v) is 16.4. The van der Waals surface area contributed by atoms with Crippen molar-refractivity contribution in [3.8, 4) is 5.75 Å². The monoisotopic (exact) mass is 550 g/mol. The summed E-state index contributed by atoms with van der Waals surface area (Å²) < 4.78 is 26.5. The number of rotatable bonds is 9. The number of urea groups is 1. The molecule has 2 N–H and O–H groups in total. The van der Waals surface area contributed by atoms with Crippen molar-refractivity contribution in [2.45, 2.75) is 63.7 Å². The number of aromatic nitrogens is 1. The molecule has 2 aromatic rings. The summed E-state index contributed by atoms with van der Waals surface area (Å²) in [6, 6.07) is 7.62. The van der Waals surface area contributed by atoms with Crippen molar-refractivity contribution < 1.29 is 18.3 Å². The van der Waals surface area contributed by atoms with Gasteiger partial charge in [-0.3, -0.25) is 4.98 Å². The number of carbonyl (C=O) groups is 1. The largest absolute Gasteiger partial charge is 0.495 e. The van der Waals surface area contributed by atoms with Gasteiger partial charge in [0.1, 0.15) is 11.6 Å². The molecule has 0 unspecified atom stereocenters. The maximum Gasteiger partial charge on any atom is 0.319 e. The van der Waals surface area contributed by atoms with Crippen LogP contribution in [0.5, 0.6) is 5.75 Å². The molecule has 37 heavy (non-hydrogen) atoms. The van der Waals surface area contributed by atoms with Crippen LogP contribution in [0.3, 0.4) is 0 Å². The Morgan fingerprint density at radius 2 is 1.97 bits per heavy atom. The van der Waals surface area contributed by atoms with Gasteiger partial charge in [-0.05, 0) is 55.2 Å². The number of methoxy groups -OCH3 is 1. The van der Waals surface area contributed by atoms with Crippen LogP contribution in [0.15, 0.2) is 36.5 Å². The fraction of sp³-hybridized carbons (Fsp3) is 0.556. The molecule has 2 amide bonds. The Morgan fingerprint density at radius 1 is 1.27 bits per heavy atom. The van der Waals surface area contributed by atoms with Gasteiger partial charge in [0.15, 0.2) is 8.32 Å². The number of ether oxygens (including phenoxy) is 1. The van der Waals surface area contributed by atoms with E-state index in [0.717, 1.165) is 19.5 Å². The molecule has 1 aliphatic rings. The molecule has 7 nitrogen and oxygen atoms in total. The summed E-state index contributed by atoms with van der Waals surface area (Å²) >= 11 is 5.94. The number of anilines is 1. The molecule has 0 saturated carbocycles. The summed E-state index contributed by atoms with van der Waals surface area (Å²) in [7, 11) is -0.309. The van der Waals surface area contributed by atoms with Gasteiger partial charge in [0.25, 0.3) is 0 Å². The first-order valence-electron chi connectivity index (χ1n) is 12.8. The molecule has 204 valence electrons. The number of pyridine rings is 1. The van der Waals surface area contributed by atoms with Crippen molar-refractivity contribution in [1.29, 1.82) is 0 Å². The van der Waals surface area contributed by atoms with E-state index in [2.05, 4.69) is 54.4 Å². The molecule has 1 aromatic carbocycles. The number of benzene rings is 1. The normalized spacial score (nSPS) is 18.9. The molecular weight excluding hydrogens is 511 g/mol. The van der Waals surface area contributed by atoms with Gasteiger partial charge in [-0.2, -0.15) is 0 Å². The minimum absolute atomic E-state index is 0.173. The third-order valence-electron chi connectivity index (χ3n) is 7.43. The minimum Gasteiger partial charge on any atom is -0.495 e. The molecule has 2 heterocycles. The van der Waals surface area contributed by atoms with Crippen LogP contribution in [0.1, 0.15) is 45.2 Å². The molecule has 0 radical (unpaired) electrons. The van der Waals surface area contributed by atoms with Gasteiger partial charge in [-0.1, -0.05) is 32.4 Å². The number of hydrogen-bond acceptors (Lipinski definition) is 5. The fourth-order valence-corrected chi connectivity index (χ4v) is 5.40. The Labute approximate surface area is 226 Å². The smallest absolute Gasteiger partial charge is 0.319 e. The van der Waals surface area contributed by atoms with E-state index in [1.54, 1.807) is 24.3 Å². The molecule has 1 fully saturated rings. The average Bonchev–Trinajstić information content (AvgIpc) is 2.83. The lowest BCUT2D eigenvalue weighted by Gasteiger charge is -2.39. The van der Waals surface area contributed by atoms with Gasteiger partial charge in [-0.25, -0.2) is 9.18 Å². The van der Waals surface area contributed by atoms with Crippen LogP contribution in [0.25, 0.3) is 0 Å². The van der Waals surface area contributed by atoms with E-state index in [1.165, 1.54) is 19.4 Å². The number of hydrogen-bond donors (Lipinski definition) is 2. The highest BCUT2D eigenvalue weighted by Gasteiger charge is 2.37. The first kappa shape index (κ1) is 29.4. The number of piperidine rings is 1. The van der Waals surface area contributed by atoms with E-state index in [9.17, 15) is 4.79 Å². The summed E-state index contributed by atoms with van der Waals surface area (Å²) in [6.45, 7) is 14.1. The van der Waals surface area contributed by atoms with E-state index in [4.69, 9.17) is 20.8 Å². The zero-order chi connectivity index (χ0) is 27.2. The van der Waals surface area contributed by atoms with Crippen molar-refractivity contribution >= 4 is 31.6 Å². The van der Waals surface area contributed by atoms with Crippen LogP contribution in [0.4, 0.5) is 14.9 Å². The number of carbonyl (C=O) groups excluding carboxylic acids is 1. The zero-order valence-corrected chi connectivity index (χ0v) is 24.5. The van der Waals surface area contributed by atoms with Crippen LogP contribution in [-0.2, 0) is 4.43 Å². The van der Waals surface area contributed by atoms with E-state index in [-0.39, 0.29) is 23.0 Å². The predicted octanol–water partition coefficient (Wildman–Crippen LogP) is 6.27. The number of amides is 2. The Hall–Kier alpha value is -2.20. The number of nitrogens with zero attached hydrogens (tertiary/aromatic N) is 2. The molecule has 2 atom stereocenters. The van der Waals surface area contributed by atoms with E-state index >= 15 is 4.39 Å². The summed E-state index contributed by atoms with van der Waals surface area (Å²) in [6.07, 6.45) is 3.09. The molecule has 0 aliphatic carbocycles. The van der Waals surface area contributed by atoms with E-state index in [1.807, 2.05) is 0 Å². The van der Waals surface area contributed by atoms with Crippen molar-refractivity contribution in [3.05, 3.63) is 53.1 Å². The molecule has 10 heteroatoms. The highest BCUT2D eigenvalue weighted by atomic mass is 35.5. The quantitative estimate of drug-likeness (QED) is 0.284. The molecule has 1 aromatic heterocycles. The van der Waals surface area contributed by atoms with Gasteiger partial charge >= 0.3 is 6.03 Å². The summed E-state index contributed by atoms with van der Waals surface area (Å²) in [5, 5.41) is 6.64. The standard InChI is InChI=1S/C27H40ClFN4O3Si/c1-27(2,3)37(5,6)36-15-7-13-33-14-12-24(32-26(34)31-20-10-8-19(28)9-11-20)22(18-33)25-23(29)16-21(35-4)17-30-25/h8-11,16-17,22,24H,7,12-15,18H2,1-6H3,(H2,31,32,34)/t22-,24-/m1/s1. The van der Waals surface area contributed by atoms with Crippen molar-refractivity contribution in [2.24, 2.45) is 0 Å². The Kier molecular flexibility index (Phi) is 9.97. The Balaban J connectivity index is 1.66. The Bertz CT molecular complexity index is 1050. The third kappa shape index (κ3) is 8.14. The molecular formula is C27H40ClFN4O3Si. The van der Waals surface area contributed by atoms with Crippen LogP contribution >= 0.6 is 11.6 Å². The Morgan fingerprint density at radius 3 is 2.59 bits per heavy atom. The zero-order valence-electron chi connectivity index (χ0n) is 22.7. The van der Waals surface area contributed by atoms with Crippen molar-refractivity contribution in [3.63, 3.8) is 0 Å². The average molecular weight is 551 g/mol. The van der Waals surface area contributed by atoms with Gasteiger partial charge in [0.2, 0.25) is 0 Å². The third-order valence-corrected chi connectivity index (χ3v) is 12.2. The van der Waals surface area contributed by atoms with Crippen molar-refractivity contribution in [2.75, 3.05) is 38.7 Å². The SMILES string of the molecule is COc1cnc([C@@H]2CN(CCCO[Si](C)(C)C(C)(C)C)CC[C@H]2NC(=O)Nc2ccc(Cl)cc2)c(F)c1. The highest BCUT2D eigenvalue weighted by molar-refractivity contribution is 6.74. The molecule has 0 spiro atoms. The summed E-state index contributed by atoms with van der Waals surface area (Å²) in [5.41, 5.74) is 0.964. The molecule has 1 saturated heterocycles.